The number of rotatable bonds is 4. The molecule has 6 nitrogen and oxygen atoms in total. The molecule has 1 aromatic carbocycles. The zero-order chi connectivity index (χ0) is 15.4. The second kappa shape index (κ2) is 6.21. The smallest absolute Gasteiger partial charge is 0.360 e. The van der Waals surface area contributed by atoms with Crippen LogP contribution in [0.25, 0.3) is 5.69 Å². The van der Waals surface area contributed by atoms with Gasteiger partial charge in [0.15, 0.2) is 5.69 Å². The van der Waals surface area contributed by atoms with E-state index in [4.69, 9.17) is 4.74 Å². The fourth-order valence-corrected chi connectivity index (χ4v) is 1.97. The van der Waals surface area contributed by atoms with Crippen LogP contribution in [0.15, 0.2) is 35.1 Å². The Hall–Kier alpha value is -2.63. The lowest BCUT2D eigenvalue weighted by atomic mass is 10.2. The SMILES string of the molecule is CCOC(=O)c1nn(-c2ccccc2C)c(=O)cc1NC. The molecule has 0 saturated heterocycles. The van der Waals surface area contributed by atoms with Gasteiger partial charge in [0.25, 0.3) is 5.56 Å². The van der Waals surface area contributed by atoms with Crippen molar-refractivity contribution in [1.29, 1.82) is 0 Å². The third-order valence-corrected chi connectivity index (χ3v) is 3.01. The summed E-state index contributed by atoms with van der Waals surface area (Å²) in [7, 11) is 1.62. The van der Waals surface area contributed by atoms with Gasteiger partial charge in [-0.15, -0.1) is 0 Å². The third kappa shape index (κ3) is 2.94. The number of aromatic nitrogens is 2. The molecule has 6 heteroatoms. The van der Waals surface area contributed by atoms with Crippen LogP contribution in [-0.4, -0.2) is 29.4 Å². The van der Waals surface area contributed by atoms with Crippen molar-refractivity contribution in [1.82, 2.24) is 9.78 Å². The molecule has 0 aliphatic heterocycles. The fourth-order valence-electron chi connectivity index (χ4n) is 1.97. The molecule has 0 radical (unpaired) electrons. The Bertz CT molecular complexity index is 722. The highest BCUT2D eigenvalue weighted by molar-refractivity contribution is 5.93. The van der Waals surface area contributed by atoms with E-state index in [1.54, 1.807) is 20.0 Å². The first kappa shape index (κ1) is 14.8. The van der Waals surface area contributed by atoms with E-state index < -0.39 is 5.97 Å². The Labute approximate surface area is 122 Å². The second-order valence-electron chi connectivity index (χ2n) is 4.41. The van der Waals surface area contributed by atoms with Gasteiger partial charge < -0.3 is 10.1 Å². The second-order valence-corrected chi connectivity index (χ2v) is 4.41. The summed E-state index contributed by atoms with van der Waals surface area (Å²) < 4.78 is 6.19. The number of nitrogens with one attached hydrogen (secondary N) is 1. The molecular weight excluding hydrogens is 270 g/mol. The number of aryl methyl sites for hydroxylation is 1. The number of hydrogen-bond donors (Lipinski definition) is 1. The van der Waals surface area contributed by atoms with Crippen LogP contribution in [0.2, 0.25) is 0 Å². The van der Waals surface area contributed by atoms with Crippen LogP contribution >= 0.6 is 0 Å². The minimum absolute atomic E-state index is 0.0854. The van der Waals surface area contributed by atoms with E-state index in [0.29, 0.717) is 11.4 Å². The zero-order valence-electron chi connectivity index (χ0n) is 12.2. The minimum Gasteiger partial charge on any atom is -0.461 e. The highest BCUT2D eigenvalue weighted by Crippen LogP contribution is 2.14. The van der Waals surface area contributed by atoms with Gasteiger partial charge in [0.05, 0.1) is 18.0 Å². The lowest BCUT2D eigenvalue weighted by molar-refractivity contribution is 0.0518. The van der Waals surface area contributed by atoms with Crippen LogP contribution < -0.4 is 10.9 Å². The molecule has 1 aromatic heterocycles. The number of anilines is 1. The van der Waals surface area contributed by atoms with Gasteiger partial charge in [-0.3, -0.25) is 4.79 Å². The lowest BCUT2D eigenvalue weighted by Crippen LogP contribution is -2.26. The van der Waals surface area contributed by atoms with Gasteiger partial charge >= 0.3 is 5.97 Å². The quantitative estimate of drug-likeness (QED) is 0.867. The van der Waals surface area contributed by atoms with E-state index in [2.05, 4.69) is 10.4 Å². The normalized spacial score (nSPS) is 10.2. The average Bonchev–Trinajstić information content (AvgIpc) is 2.48. The fraction of sp³-hybridized carbons (Fsp3) is 0.267. The number of para-hydroxylation sites is 1. The van der Waals surface area contributed by atoms with Crippen molar-refractivity contribution in [3.8, 4) is 5.69 Å². The van der Waals surface area contributed by atoms with E-state index in [9.17, 15) is 9.59 Å². The van der Waals surface area contributed by atoms with Gasteiger partial charge in [0.1, 0.15) is 0 Å². The molecule has 2 aromatic rings. The number of hydrogen-bond acceptors (Lipinski definition) is 5. The number of nitrogens with zero attached hydrogens (tertiary/aromatic N) is 2. The molecule has 0 saturated carbocycles. The minimum atomic E-state index is -0.566. The van der Waals surface area contributed by atoms with Crippen LogP contribution in [0, 0.1) is 6.92 Å². The number of carbonyl (C=O) groups excluding carboxylic acids is 1. The number of ether oxygens (including phenoxy) is 1. The predicted octanol–water partition coefficient (Wildman–Crippen LogP) is 1.76. The van der Waals surface area contributed by atoms with Crippen molar-refractivity contribution in [2.24, 2.45) is 0 Å². The van der Waals surface area contributed by atoms with Crippen molar-refractivity contribution >= 4 is 11.7 Å². The molecular formula is C15H17N3O3. The third-order valence-electron chi connectivity index (χ3n) is 3.01. The van der Waals surface area contributed by atoms with Gasteiger partial charge in [-0.05, 0) is 25.5 Å². The maximum absolute atomic E-state index is 12.2. The monoisotopic (exact) mass is 287 g/mol. The molecule has 1 N–H and O–H groups in total. The van der Waals surface area contributed by atoms with E-state index in [-0.39, 0.29) is 17.9 Å². The van der Waals surface area contributed by atoms with E-state index in [0.717, 1.165) is 5.56 Å². The summed E-state index contributed by atoms with van der Waals surface area (Å²) >= 11 is 0. The van der Waals surface area contributed by atoms with Crippen LogP contribution in [0.1, 0.15) is 23.0 Å². The molecule has 0 amide bonds. The maximum Gasteiger partial charge on any atom is 0.360 e. The highest BCUT2D eigenvalue weighted by atomic mass is 16.5. The van der Waals surface area contributed by atoms with E-state index in [1.165, 1.54) is 10.7 Å². The first-order valence-corrected chi connectivity index (χ1v) is 6.63. The van der Waals surface area contributed by atoms with Crippen molar-refractivity contribution in [3.05, 3.63) is 51.9 Å². The summed E-state index contributed by atoms with van der Waals surface area (Å²) in [5.74, 6) is -0.566. The van der Waals surface area contributed by atoms with Crippen molar-refractivity contribution in [3.63, 3.8) is 0 Å². The molecule has 0 atom stereocenters. The molecule has 0 aliphatic rings. The average molecular weight is 287 g/mol. The van der Waals surface area contributed by atoms with Crippen LogP contribution in [0.5, 0.6) is 0 Å². The van der Waals surface area contributed by atoms with Crippen LogP contribution in [0.4, 0.5) is 5.69 Å². The number of carbonyl (C=O) groups is 1. The van der Waals surface area contributed by atoms with Gasteiger partial charge in [0, 0.05) is 13.1 Å². The molecule has 0 aliphatic carbocycles. The summed E-state index contributed by atoms with van der Waals surface area (Å²) in [6.07, 6.45) is 0. The first-order valence-electron chi connectivity index (χ1n) is 6.63. The summed E-state index contributed by atoms with van der Waals surface area (Å²) in [5.41, 5.74) is 1.64. The lowest BCUT2D eigenvalue weighted by Gasteiger charge is -2.12. The zero-order valence-corrected chi connectivity index (χ0v) is 12.2. The van der Waals surface area contributed by atoms with Crippen molar-refractivity contribution in [2.75, 3.05) is 19.0 Å². The Kier molecular flexibility index (Phi) is 4.37. The largest absolute Gasteiger partial charge is 0.461 e. The molecule has 2 rings (SSSR count). The topological polar surface area (TPSA) is 73.2 Å². The molecule has 0 unspecified atom stereocenters. The molecule has 1 heterocycles. The highest BCUT2D eigenvalue weighted by Gasteiger charge is 2.18. The van der Waals surface area contributed by atoms with Gasteiger partial charge in [0.2, 0.25) is 0 Å². The Morgan fingerprint density at radius 2 is 2.10 bits per heavy atom. The molecule has 0 spiro atoms. The first-order chi connectivity index (χ1) is 10.1. The van der Waals surface area contributed by atoms with Gasteiger partial charge in [-0.2, -0.15) is 9.78 Å². The Balaban J connectivity index is 2.63. The van der Waals surface area contributed by atoms with E-state index in [1.807, 2.05) is 25.1 Å². The molecule has 110 valence electrons. The molecule has 0 fully saturated rings. The van der Waals surface area contributed by atoms with Gasteiger partial charge in [-0.25, -0.2) is 4.79 Å². The molecule has 21 heavy (non-hydrogen) atoms. The van der Waals surface area contributed by atoms with Crippen LogP contribution in [0.3, 0.4) is 0 Å². The van der Waals surface area contributed by atoms with Crippen LogP contribution in [-0.2, 0) is 4.74 Å². The summed E-state index contributed by atoms with van der Waals surface area (Å²) in [6, 6.07) is 8.67. The summed E-state index contributed by atoms with van der Waals surface area (Å²) in [5, 5.41) is 6.95. The Morgan fingerprint density at radius 1 is 1.38 bits per heavy atom. The standard InChI is InChI=1S/C15H17N3O3/c1-4-21-15(20)14-11(16-3)9-13(19)18(17-14)12-8-6-5-7-10(12)2/h5-9,16H,4H2,1-3H3. The van der Waals surface area contributed by atoms with Crippen molar-refractivity contribution in [2.45, 2.75) is 13.8 Å². The van der Waals surface area contributed by atoms with Crippen molar-refractivity contribution < 1.29 is 9.53 Å². The molecule has 0 bridgehead atoms. The van der Waals surface area contributed by atoms with Gasteiger partial charge in [-0.1, -0.05) is 18.2 Å². The predicted molar refractivity (Wildman–Crippen MR) is 80.1 cm³/mol. The number of esters is 1. The maximum atomic E-state index is 12.2. The number of benzene rings is 1. The van der Waals surface area contributed by atoms with E-state index >= 15 is 0 Å². The summed E-state index contributed by atoms with van der Waals surface area (Å²) in [6.45, 7) is 3.83. The summed E-state index contributed by atoms with van der Waals surface area (Å²) in [4.78, 5) is 24.2. The Morgan fingerprint density at radius 3 is 2.71 bits per heavy atom.